The van der Waals surface area contributed by atoms with E-state index in [0.717, 1.165) is 22.7 Å². The van der Waals surface area contributed by atoms with Gasteiger partial charge in [0.1, 0.15) is 5.75 Å². The monoisotopic (exact) mass is 272 g/mol. The molecule has 0 spiro atoms. The maximum atomic E-state index is 12.1. The summed E-state index contributed by atoms with van der Waals surface area (Å²) in [6.07, 6.45) is 1.13. The van der Waals surface area contributed by atoms with Crippen LogP contribution < -0.4 is 4.74 Å². The third-order valence-corrected chi connectivity index (χ3v) is 3.08. The maximum Gasteiger partial charge on any atom is 0.247 e. The van der Waals surface area contributed by atoms with Crippen molar-refractivity contribution in [2.75, 3.05) is 6.61 Å². The number of benzene rings is 1. The van der Waals surface area contributed by atoms with Gasteiger partial charge in [0.2, 0.25) is 5.91 Å². The summed E-state index contributed by atoms with van der Waals surface area (Å²) < 4.78 is 6.95. The first kappa shape index (κ1) is 14.3. The lowest BCUT2D eigenvalue weighted by molar-refractivity contribution is 0.0884. The van der Waals surface area contributed by atoms with Crippen LogP contribution >= 0.6 is 0 Å². The van der Waals surface area contributed by atoms with E-state index in [4.69, 9.17) is 4.74 Å². The van der Waals surface area contributed by atoms with E-state index in [-0.39, 0.29) is 5.91 Å². The highest BCUT2D eigenvalue weighted by Gasteiger charge is 2.10. The molecular formula is C16H20N2O2. The summed E-state index contributed by atoms with van der Waals surface area (Å²) in [5.74, 6) is 0.876. The second kappa shape index (κ2) is 6.37. The highest BCUT2D eigenvalue weighted by atomic mass is 16.5. The molecule has 0 bridgehead atoms. The topological polar surface area (TPSA) is 44.1 Å². The number of nitrogens with zero attached hydrogens (tertiary/aromatic N) is 2. The molecule has 2 rings (SSSR count). The molecule has 2 aromatic rings. The molecule has 1 heterocycles. The van der Waals surface area contributed by atoms with E-state index < -0.39 is 0 Å². The summed E-state index contributed by atoms with van der Waals surface area (Å²) in [7, 11) is 0. The van der Waals surface area contributed by atoms with Crippen LogP contribution in [0, 0.1) is 13.8 Å². The van der Waals surface area contributed by atoms with Gasteiger partial charge in [0, 0.05) is 12.1 Å². The largest absolute Gasteiger partial charge is 0.494 e. The Morgan fingerprint density at radius 2 is 2.10 bits per heavy atom. The van der Waals surface area contributed by atoms with Gasteiger partial charge in [-0.1, -0.05) is 12.1 Å². The third-order valence-electron chi connectivity index (χ3n) is 3.08. The molecule has 4 heteroatoms. The lowest BCUT2D eigenvalue weighted by Gasteiger charge is -2.06. The molecule has 0 atom stereocenters. The fraction of sp³-hybridized carbons (Fsp3) is 0.375. The molecule has 20 heavy (non-hydrogen) atoms. The molecule has 0 saturated heterocycles. The predicted molar refractivity (Wildman–Crippen MR) is 78.3 cm³/mol. The quantitative estimate of drug-likeness (QED) is 0.839. The summed E-state index contributed by atoms with van der Waals surface area (Å²) in [4.78, 5) is 12.1. The zero-order valence-electron chi connectivity index (χ0n) is 12.2. The molecule has 0 unspecified atom stereocenters. The van der Waals surface area contributed by atoms with E-state index in [2.05, 4.69) is 5.10 Å². The number of carbonyl (C=O) groups excluding carboxylic acids is 1. The molecule has 0 aliphatic carbocycles. The summed E-state index contributed by atoms with van der Waals surface area (Å²) in [6, 6.07) is 9.78. The molecule has 1 aromatic heterocycles. The average Bonchev–Trinajstić information content (AvgIpc) is 2.76. The van der Waals surface area contributed by atoms with Crippen molar-refractivity contribution in [1.29, 1.82) is 0 Å². The van der Waals surface area contributed by atoms with Gasteiger partial charge in [-0.15, -0.1) is 0 Å². The standard InChI is InChI=1S/C16H20N2O2/c1-4-20-15-7-5-6-14(11-15)8-9-16(19)18-13(3)10-12(2)17-18/h5-7,10-11H,4,8-9H2,1-3H3. The minimum Gasteiger partial charge on any atom is -0.494 e. The van der Waals surface area contributed by atoms with E-state index in [1.807, 2.05) is 51.1 Å². The molecule has 0 aliphatic heterocycles. The Labute approximate surface area is 119 Å². The first-order valence-corrected chi connectivity index (χ1v) is 6.88. The number of hydrogen-bond donors (Lipinski definition) is 0. The third kappa shape index (κ3) is 3.47. The second-order valence-corrected chi connectivity index (χ2v) is 4.81. The van der Waals surface area contributed by atoms with Gasteiger partial charge >= 0.3 is 0 Å². The Kier molecular flexibility index (Phi) is 4.56. The second-order valence-electron chi connectivity index (χ2n) is 4.81. The van der Waals surface area contributed by atoms with Gasteiger partial charge in [-0.25, -0.2) is 4.68 Å². The number of rotatable bonds is 5. The van der Waals surface area contributed by atoms with Gasteiger partial charge in [-0.2, -0.15) is 5.10 Å². The molecule has 0 amide bonds. The number of aromatic nitrogens is 2. The van der Waals surface area contributed by atoms with Crippen molar-refractivity contribution in [3.63, 3.8) is 0 Å². The van der Waals surface area contributed by atoms with E-state index >= 15 is 0 Å². The van der Waals surface area contributed by atoms with Crippen LogP contribution in [0.15, 0.2) is 30.3 Å². The first-order chi connectivity index (χ1) is 9.60. The van der Waals surface area contributed by atoms with Crippen molar-refractivity contribution >= 4 is 5.91 Å². The molecule has 0 fully saturated rings. The number of ether oxygens (including phenoxy) is 1. The van der Waals surface area contributed by atoms with Gasteiger partial charge in [-0.05, 0) is 51.0 Å². The summed E-state index contributed by atoms with van der Waals surface area (Å²) in [6.45, 7) is 6.39. The fourth-order valence-electron chi connectivity index (χ4n) is 2.20. The maximum absolute atomic E-state index is 12.1. The van der Waals surface area contributed by atoms with Gasteiger partial charge < -0.3 is 4.74 Å². The van der Waals surface area contributed by atoms with Gasteiger partial charge in [0.25, 0.3) is 0 Å². The zero-order chi connectivity index (χ0) is 14.5. The average molecular weight is 272 g/mol. The summed E-state index contributed by atoms with van der Waals surface area (Å²) in [5.41, 5.74) is 2.86. The van der Waals surface area contributed by atoms with Crippen molar-refractivity contribution in [2.24, 2.45) is 0 Å². The lowest BCUT2D eigenvalue weighted by Crippen LogP contribution is -2.14. The minimum atomic E-state index is 0.0254. The van der Waals surface area contributed by atoms with Crippen molar-refractivity contribution in [3.05, 3.63) is 47.3 Å². The van der Waals surface area contributed by atoms with Crippen LogP contribution in [-0.4, -0.2) is 22.3 Å². The van der Waals surface area contributed by atoms with Gasteiger partial charge in [-0.3, -0.25) is 4.79 Å². The Balaban J connectivity index is 1.99. The Morgan fingerprint density at radius 1 is 1.30 bits per heavy atom. The number of aryl methyl sites for hydroxylation is 3. The molecule has 0 N–H and O–H groups in total. The van der Waals surface area contributed by atoms with Crippen molar-refractivity contribution in [2.45, 2.75) is 33.6 Å². The molecule has 0 aliphatic rings. The summed E-state index contributed by atoms with van der Waals surface area (Å²) >= 11 is 0. The van der Waals surface area contributed by atoms with Gasteiger partial charge in [0.05, 0.1) is 12.3 Å². The van der Waals surface area contributed by atoms with E-state index in [1.54, 1.807) is 0 Å². The molecule has 106 valence electrons. The molecule has 1 aromatic carbocycles. The van der Waals surface area contributed by atoms with Crippen molar-refractivity contribution in [1.82, 2.24) is 9.78 Å². The zero-order valence-corrected chi connectivity index (χ0v) is 12.2. The van der Waals surface area contributed by atoms with E-state index in [0.29, 0.717) is 19.4 Å². The van der Waals surface area contributed by atoms with Crippen LogP contribution in [0.1, 0.15) is 35.1 Å². The van der Waals surface area contributed by atoms with Crippen LogP contribution in [0.3, 0.4) is 0 Å². The SMILES string of the molecule is CCOc1cccc(CCC(=O)n2nc(C)cc2C)c1. The van der Waals surface area contributed by atoms with Crippen LogP contribution in [0.5, 0.6) is 5.75 Å². The Bertz CT molecular complexity index is 602. The minimum absolute atomic E-state index is 0.0254. The number of hydrogen-bond acceptors (Lipinski definition) is 3. The normalized spacial score (nSPS) is 10.6. The molecular weight excluding hydrogens is 252 g/mol. The molecule has 0 radical (unpaired) electrons. The summed E-state index contributed by atoms with van der Waals surface area (Å²) in [5, 5.41) is 4.21. The lowest BCUT2D eigenvalue weighted by atomic mass is 10.1. The smallest absolute Gasteiger partial charge is 0.247 e. The van der Waals surface area contributed by atoms with Crippen molar-refractivity contribution < 1.29 is 9.53 Å². The van der Waals surface area contributed by atoms with Crippen molar-refractivity contribution in [3.8, 4) is 5.75 Å². The Hall–Kier alpha value is -2.10. The van der Waals surface area contributed by atoms with Crippen LogP contribution in [0.4, 0.5) is 0 Å². The van der Waals surface area contributed by atoms with Crippen LogP contribution in [0.25, 0.3) is 0 Å². The number of carbonyl (C=O) groups is 1. The predicted octanol–water partition coefficient (Wildman–Crippen LogP) is 3.17. The van der Waals surface area contributed by atoms with Gasteiger partial charge in [0.15, 0.2) is 0 Å². The van der Waals surface area contributed by atoms with Crippen LogP contribution in [-0.2, 0) is 6.42 Å². The Morgan fingerprint density at radius 3 is 2.75 bits per heavy atom. The first-order valence-electron chi connectivity index (χ1n) is 6.88. The molecule has 4 nitrogen and oxygen atoms in total. The van der Waals surface area contributed by atoms with E-state index in [9.17, 15) is 4.79 Å². The van der Waals surface area contributed by atoms with Crippen LogP contribution in [0.2, 0.25) is 0 Å². The van der Waals surface area contributed by atoms with E-state index in [1.165, 1.54) is 4.68 Å². The highest BCUT2D eigenvalue weighted by molar-refractivity contribution is 5.79. The highest BCUT2D eigenvalue weighted by Crippen LogP contribution is 2.15. The molecule has 0 saturated carbocycles. The fourth-order valence-corrected chi connectivity index (χ4v) is 2.20.